The van der Waals surface area contributed by atoms with E-state index in [4.69, 9.17) is 17.3 Å². The third-order valence-corrected chi connectivity index (χ3v) is 2.46. The van der Waals surface area contributed by atoms with E-state index in [1.807, 2.05) is 0 Å². The van der Waals surface area contributed by atoms with Gasteiger partial charge in [-0.1, -0.05) is 17.7 Å². The summed E-state index contributed by atoms with van der Waals surface area (Å²) >= 11 is 5.67. The zero-order chi connectivity index (χ0) is 12.3. The van der Waals surface area contributed by atoms with Gasteiger partial charge in [-0.25, -0.2) is 0 Å². The molecule has 0 aromatic heterocycles. The minimum absolute atomic E-state index is 0.0345. The standard InChI is InChI=1S/C10H11ClF3NO/c11-7-3-1-2-6(10(12,13)14)9(7)8(16)4-5-15/h1-3,8,16H,4-5,15H2/t8-/m1/s1. The van der Waals surface area contributed by atoms with Gasteiger partial charge in [0.05, 0.1) is 11.7 Å². The molecule has 1 atom stereocenters. The van der Waals surface area contributed by atoms with Crippen molar-refractivity contribution in [2.24, 2.45) is 5.73 Å². The molecule has 0 saturated heterocycles. The fourth-order valence-electron chi connectivity index (χ4n) is 1.43. The Bertz CT molecular complexity index is 368. The molecular formula is C10H11ClF3NO. The summed E-state index contributed by atoms with van der Waals surface area (Å²) in [5, 5.41) is 9.48. The van der Waals surface area contributed by atoms with E-state index in [1.165, 1.54) is 12.1 Å². The molecule has 1 aromatic rings. The highest BCUT2D eigenvalue weighted by Gasteiger charge is 2.35. The molecule has 0 bridgehead atoms. The van der Waals surface area contributed by atoms with Crippen molar-refractivity contribution in [2.75, 3.05) is 6.54 Å². The largest absolute Gasteiger partial charge is 0.416 e. The lowest BCUT2D eigenvalue weighted by Gasteiger charge is -2.18. The Morgan fingerprint density at radius 3 is 2.50 bits per heavy atom. The second-order valence-corrected chi connectivity index (χ2v) is 3.70. The van der Waals surface area contributed by atoms with Gasteiger partial charge >= 0.3 is 6.18 Å². The van der Waals surface area contributed by atoms with Crippen LogP contribution >= 0.6 is 11.6 Å². The van der Waals surface area contributed by atoms with Crippen molar-refractivity contribution in [3.05, 3.63) is 34.3 Å². The van der Waals surface area contributed by atoms with Crippen LogP contribution < -0.4 is 5.73 Å². The third kappa shape index (κ3) is 2.87. The lowest BCUT2D eigenvalue weighted by Crippen LogP contribution is -2.15. The summed E-state index contributed by atoms with van der Waals surface area (Å²) in [6.45, 7) is 0.0870. The van der Waals surface area contributed by atoms with Crippen molar-refractivity contribution in [1.29, 1.82) is 0 Å². The number of halogens is 4. The number of nitrogens with two attached hydrogens (primary N) is 1. The molecule has 2 nitrogen and oxygen atoms in total. The lowest BCUT2D eigenvalue weighted by molar-refractivity contribution is -0.139. The van der Waals surface area contributed by atoms with Crippen LogP contribution in [0.3, 0.4) is 0 Å². The predicted molar refractivity (Wildman–Crippen MR) is 55.1 cm³/mol. The first-order chi connectivity index (χ1) is 7.38. The van der Waals surface area contributed by atoms with Crippen LogP contribution in [0.4, 0.5) is 13.2 Å². The van der Waals surface area contributed by atoms with Crippen molar-refractivity contribution in [2.45, 2.75) is 18.7 Å². The molecule has 0 spiro atoms. The Kier molecular flexibility index (Phi) is 4.18. The van der Waals surface area contributed by atoms with Crippen LogP contribution in [0, 0.1) is 0 Å². The SMILES string of the molecule is NCC[C@@H](O)c1c(Cl)cccc1C(F)(F)F. The zero-order valence-corrected chi connectivity index (χ0v) is 9.02. The molecule has 0 aliphatic carbocycles. The molecule has 1 rings (SSSR count). The highest BCUT2D eigenvalue weighted by atomic mass is 35.5. The van der Waals surface area contributed by atoms with E-state index in [2.05, 4.69) is 0 Å². The van der Waals surface area contributed by atoms with Crippen LogP contribution in [0.15, 0.2) is 18.2 Å². The van der Waals surface area contributed by atoms with Crippen molar-refractivity contribution in [3.63, 3.8) is 0 Å². The summed E-state index contributed by atoms with van der Waals surface area (Å²) in [5.74, 6) is 0. The Balaban J connectivity index is 3.24. The van der Waals surface area contributed by atoms with Gasteiger partial charge in [0.15, 0.2) is 0 Å². The number of alkyl halides is 3. The topological polar surface area (TPSA) is 46.2 Å². The number of aliphatic hydroxyl groups excluding tert-OH is 1. The van der Waals surface area contributed by atoms with E-state index >= 15 is 0 Å². The number of aliphatic hydroxyl groups is 1. The summed E-state index contributed by atoms with van der Waals surface area (Å²) in [6, 6.07) is 3.40. The average Bonchev–Trinajstić information content (AvgIpc) is 2.16. The van der Waals surface area contributed by atoms with E-state index in [-0.39, 0.29) is 23.6 Å². The minimum Gasteiger partial charge on any atom is -0.388 e. The molecule has 0 aliphatic rings. The summed E-state index contributed by atoms with van der Waals surface area (Å²) in [7, 11) is 0. The third-order valence-electron chi connectivity index (χ3n) is 2.13. The second kappa shape index (κ2) is 5.03. The van der Waals surface area contributed by atoms with Crippen molar-refractivity contribution in [3.8, 4) is 0 Å². The van der Waals surface area contributed by atoms with E-state index in [1.54, 1.807) is 0 Å². The molecule has 0 fully saturated rings. The quantitative estimate of drug-likeness (QED) is 0.870. The van der Waals surface area contributed by atoms with Gasteiger partial charge in [0.2, 0.25) is 0 Å². The maximum atomic E-state index is 12.6. The molecule has 6 heteroatoms. The summed E-state index contributed by atoms with van der Waals surface area (Å²) in [5.41, 5.74) is 3.97. The van der Waals surface area contributed by atoms with Crippen LogP contribution in [-0.4, -0.2) is 11.7 Å². The Labute approximate surface area is 95.8 Å². The van der Waals surface area contributed by atoms with Crippen LogP contribution in [0.2, 0.25) is 5.02 Å². The van der Waals surface area contributed by atoms with Gasteiger partial charge in [-0.2, -0.15) is 13.2 Å². The van der Waals surface area contributed by atoms with Gasteiger partial charge in [0.1, 0.15) is 0 Å². The Morgan fingerprint density at radius 1 is 1.38 bits per heavy atom. The van der Waals surface area contributed by atoms with Gasteiger partial charge in [0, 0.05) is 10.6 Å². The van der Waals surface area contributed by atoms with Crippen LogP contribution in [-0.2, 0) is 6.18 Å². The Hall–Kier alpha value is -0.780. The van der Waals surface area contributed by atoms with E-state index in [0.29, 0.717) is 0 Å². The number of benzene rings is 1. The van der Waals surface area contributed by atoms with Gasteiger partial charge in [-0.3, -0.25) is 0 Å². The van der Waals surface area contributed by atoms with Gasteiger partial charge in [0.25, 0.3) is 0 Å². The van der Waals surface area contributed by atoms with Gasteiger partial charge in [-0.15, -0.1) is 0 Å². The van der Waals surface area contributed by atoms with Crippen LogP contribution in [0.1, 0.15) is 23.7 Å². The highest BCUT2D eigenvalue weighted by molar-refractivity contribution is 6.31. The van der Waals surface area contributed by atoms with Gasteiger partial charge < -0.3 is 10.8 Å². The molecule has 0 heterocycles. The van der Waals surface area contributed by atoms with Crippen molar-refractivity contribution in [1.82, 2.24) is 0 Å². The Morgan fingerprint density at radius 2 is 2.00 bits per heavy atom. The molecule has 0 amide bonds. The molecular weight excluding hydrogens is 243 g/mol. The van der Waals surface area contributed by atoms with Gasteiger partial charge in [-0.05, 0) is 25.1 Å². The van der Waals surface area contributed by atoms with Crippen molar-refractivity contribution >= 4 is 11.6 Å². The lowest BCUT2D eigenvalue weighted by atomic mass is 10.00. The molecule has 1 aromatic carbocycles. The first-order valence-electron chi connectivity index (χ1n) is 4.61. The number of hydrogen-bond acceptors (Lipinski definition) is 2. The van der Waals surface area contributed by atoms with Crippen LogP contribution in [0.25, 0.3) is 0 Å². The predicted octanol–water partition coefficient (Wildman–Crippen LogP) is 2.74. The molecule has 0 radical (unpaired) electrons. The smallest absolute Gasteiger partial charge is 0.388 e. The first-order valence-corrected chi connectivity index (χ1v) is 4.99. The molecule has 0 unspecified atom stereocenters. The summed E-state index contributed by atoms with van der Waals surface area (Å²) in [4.78, 5) is 0. The minimum atomic E-state index is -4.53. The number of rotatable bonds is 3. The fraction of sp³-hybridized carbons (Fsp3) is 0.400. The molecule has 0 aliphatic heterocycles. The normalized spacial score (nSPS) is 13.9. The fourth-order valence-corrected chi connectivity index (χ4v) is 1.73. The van der Waals surface area contributed by atoms with E-state index in [0.717, 1.165) is 6.07 Å². The zero-order valence-electron chi connectivity index (χ0n) is 8.26. The average molecular weight is 254 g/mol. The molecule has 16 heavy (non-hydrogen) atoms. The molecule has 0 saturated carbocycles. The molecule has 90 valence electrons. The monoisotopic (exact) mass is 253 g/mol. The highest BCUT2D eigenvalue weighted by Crippen LogP contribution is 2.38. The summed E-state index contributed by atoms with van der Waals surface area (Å²) < 4.78 is 37.9. The van der Waals surface area contributed by atoms with E-state index < -0.39 is 17.8 Å². The summed E-state index contributed by atoms with van der Waals surface area (Å²) in [6.07, 6.45) is -5.79. The maximum absolute atomic E-state index is 12.6. The number of hydrogen-bond donors (Lipinski definition) is 2. The van der Waals surface area contributed by atoms with Crippen molar-refractivity contribution < 1.29 is 18.3 Å². The maximum Gasteiger partial charge on any atom is 0.416 e. The van der Waals surface area contributed by atoms with Crippen LogP contribution in [0.5, 0.6) is 0 Å². The second-order valence-electron chi connectivity index (χ2n) is 3.29. The first kappa shape index (κ1) is 13.3. The molecule has 3 N–H and O–H groups in total. The van der Waals surface area contributed by atoms with E-state index in [9.17, 15) is 18.3 Å².